The predicted molar refractivity (Wildman–Crippen MR) is 571 cm³/mol. The fraction of sp³-hybridized carbons (Fsp3) is 0.0909. The van der Waals surface area contributed by atoms with Gasteiger partial charge in [-0.2, -0.15) is 0 Å². The van der Waals surface area contributed by atoms with E-state index in [0.29, 0.717) is 0 Å². The lowest BCUT2D eigenvalue weighted by Crippen LogP contribution is -2.18. The summed E-state index contributed by atoms with van der Waals surface area (Å²) >= 11 is 0. The van der Waals surface area contributed by atoms with Gasteiger partial charge in [0.2, 0.25) is 0 Å². The number of anilines is 6. The van der Waals surface area contributed by atoms with Crippen LogP contribution >= 0.6 is 0 Å². The van der Waals surface area contributed by atoms with Crippen molar-refractivity contribution in [3.8, 4) is 122 Å². The van der Waals surface area contributed by atoms with Crippen LogP contribution in [0.2, 0.25) is 0 Å². The van der Waals surface area contributed by atoms with Crippen molar-refractivity contribution in [2.45, 2.75) is 77.0 Å². The first-order chi connectivity index (χ1) is 66.3. The summed E-state index contributed by atoms with van der Waals surface area (Å²) < 4.78 is 12.8. The van der Waals surface area contributed by atoms with Gasteiger partial charge >= 0.3 is 0 Å². The van der Waals surface area contributed by atoms with Crippen LogP contribution in [0, 0.1) is 0 Å². The van der Waals surface area contributed by atoms with E-state index in [1.165, 1.54) is 183 Å². The standard InChI is InChI=1S/C132H94N2O2/c1-129(2)117-69-88(79-20-10-9-11-21-79)42-56-104(117)108-62-52-97(75-121(108)129)133(98-53-64-110-106-58-44-90(71-119(106)131(5,6)123(110)76-98)92-46-60-114-112-26-16-18-28-125(112)135-127(114)73-92)95-48-38-82(39-49-95)85-35-37-86-66-84(34-36-87(86)67-85)80-30-32-81(33-31-80)89-43-57-105-109-63-54-99(77-122(109)130(3,4)118(105)70-89)134(96-50-40-83(41-51-96)116-68-94-22-12-13-23-101(94)102-24-14-15-25-103(102)116)100-55-65-111-107-59-45-91(72-120(107)132(7,8)124(111)78-100)93-47-61-115-113-27-17-19-29-126(113)136-128(115)74-93/h9-78H,1-8H3. The molecular weight excluding hydrogens is 1650 g/mol. The van der Waals surface area contributed by atoms with Crippen molar-refractivity contribution in [3.63, 3.8) is 0 Å². The first-order valence-corrected chi connectivity index (χ1v) is 47.8. The molecule has 136 heavy (non-hydrogen) atoms. The molecule has 0 bridgehead atoms. The highest BCUT2D eigenvalue weighted by atomic mass is 16.3. The second-order valence-corrected chi connectivity index (χ2v) is 40.3. The summed E-state index contributed by atoms with van der Waals surface area (Å²) in [5, 5.41) is 12.0. The van der Waals surface area contributed by atoms with E-state index in [1.54, 1.807) is 0 Å². The number of hydrogen-bond acceptors (Lipinski definition) is 4. The van der Waals surface area contributed by atoms with Gasteiger partial charge in [0.15, 0.2) is 0 Å². The van der Waals surface area contributed by atoms with Crippen molar-refractivity contribution < 1.29 is 8.83 Å². The summed E-state index contributed by atoms with van der Waals surface area (Å²) in [7, 11) is 0. The number of nitrogens with zero attached hydrogens (tertiary/aromatic N) is 2. The Morgan fingerprint density at radius 3 is 0.801 bits per heavy atom. The molecule has 2 heterocycles. The van der Waals surface area contributed by atoms with Gasteiger partial charge in [-0.1, -0.05) is 328 Å². The highest BCUT2D eigenvalue weighted by molar-refractivity contribution is 6.14. The third-order valence-electron chi connectivity index (χ3n) is 31.3. The van der Waals surface area contributed by atoms with Crippen LogP contribution in [0.4, 0.5) is 34.1 Å². The Balaban J connectivity index is 0.476. The summed E-state index contributed by atoms with van der Waals surface area (Å²) in [5.74, 6) is 0. The van der Waals surface area contributed by atoms with Gasteiger partial charge in [-0.3, -0.25) is 0 Å². The van der Waals surface area contributed by atoms with Crippen LogP contribution in [0.5, 0.6) is 0 Å². The Hall–Kier alpha value is -16.4. The molecule has 0 aliphatic heterocycles. The molecule has 4 aliphatic carbocycles. The van der Waals surface area contributed by atoms with Crippen LogP contribution in [0.15, 0.2) is 433 Å². The molecule has 644 valence electrons. The zero-order valence-corrected chi connectivity index (χ0v) is 77.1. The van der Waals surface area contributed by atoms with Crippen molar-refractivity contribution in [2.75, 3.05) is 9.80 Å². The Bertz CT molecular complexity index is 9020. The maximum atomic E-state index is 6.42. The van der Waals surface area contributed by atoms with E-state index in [0.717, 1.165) is 94.7 Å². The van der Waals surface area contributed by atoms with Gasteiger partial charge in [-0.15, -0.1) is 0 Å². The molecule has 2 aromatic heterocycles. The monoisotopic (exact) mass is 1740 g/mol. The van der Waals surface area contributed by atoms with E-state index in [2.05, 4.69) is 478 Å². The average molecular weight is 1740 g/mol. The average Bonchev–Trinajstić information content (AvgIpc) is 1.57. The van der Waals surface area contributed by atoms with Crippen molar-refractivity contribution in [3.05, 3.63) is 469 Å². The lowest BCUT2D eigenvalue weighted by Gasteiger charge is -2.30. The maximum absolute atomic E-state index is 6.42. The highest BCUT2D eigenvalue weighted by Crippen LogP contribution is 2.59. The summed E-state index contributed by atoms with van der Waals surface area (Å²) in [4.78, 5) is 4.98. The summed E-state index contributed by atoms with van der Waals surface area (Å²) in [6.07, 6.45) is 0. The second kappa shape index (κ2) is 29.5. The van der Waals surface area contributed by atoms with E-state index >= 15 is 0 Å². The Morgan fingerprint density at radius 2 is 0.404 bits per heavy atom. The number of rotatable bonds is 13. The van der Waals surface area contributed by atoms with Crippen molar-refractivity contribution in [1.29, 1.82) is 0 Å². The Kier molecular flexibility index (Phi) is 17.2. The van der Waals surface area contributed by atoms with Gasteiger partial charge in [0.05, 0.1) is 0 Å². The van der Waals surface area contributed by atoms with E-state index in [-0.39, 0.29) is 21.7 Å². The molecule has 0 amide bonds. The van der Waals surface area contributed by atoms with Crippen LogP contribution in [0.25, 0.3) is 199 Å². The van der Waals surface area contributed by atoms with E-state index < -0.39 is 0 Å². The quantitative estimate of drug-likeness (QED) is 0.108. The molecule has 21 aromatic carbocycles. The summed E-state index contributed by atoms with van der Waals surface area (Å²) in [5.41, 5.74) is 46.8. The third kappa shape index (κ3) is 12.2. The van der Waals surface area contributed by atoms with Gasteiger partial charge in [-0.25, -0.2) is 0 Å². The van der Waals surface area contributed by atoms with Gasteiger partial charge in [0, 0.05) is 77.3 Å². The molecular formula is C132H94N2O2. The molecule has 4 heteroatoms. The number of hydrogen-bond donors (Lipinski definition) is 0. The number of fused-ring (bicyclic) bond motifs is 22. The largest absolute Gasteiger partial charge is 0.456 e. The fourth-order valence-corrected chi connectivity index (χ4v) is 23.9. The predicted octanol–water partition coefficient (Wildman–Crippen LogP) is 36.8. The number of furan rings is 2. The van der Waals surface area contributed by atoms with Crippen LogP contribution in [-0.4, -0.2) is 0 Å². The lowest BCUT2D eigenvalue weighted by atomic mass is 9.81. The molecule has 0 atom stereocenters. The third-order valence-corrected chi connectivity index (χ3v) is 31.3. The van der Waals surface area contributed by atoms with E-state index in [4.69, 9.17) is 8.83 Å². The first-order valence-electron chi connectivity index (χ1n) is 47.8. The summed E-state index contributed by atoms with van der Waals surface area (Å²) in [6, 6.07) is 160. The molecule has 4 nitrogen and oxygen atoms in total. The van der Waals surface area contributed by atoms with Crippen molar-refractivity contribution in [1.82, 2.24) is 0 Å². The highest BCUT2D eigenvalue weighted by Gasteiger charge is 2.42. The number of benzene rings is 21. The Labute approximate surface area is 792 Å². The summed E-state index contributed by atoms with van der Waals surface area (Å²) in [6.45, 7) is 19.2. The molecule has 4 aliphatic rings. The van der Waals surface area contributed by atoms with Gasteiger partial charge in [-0.05, 0) is 351 Å². The molecule has 0 fully saturated rings. The first kappa shape index (κ1) is 79.4. The van der Waals surface area contributed by atoms with Crippen LogP contribution in [0.3, 0.4) is 0 Å². The molecule has 27 rings (SSSR count). The van der Waals surface area contributed by atoms with E-state index in [9.17, 15) is 0 Å². The molecule has 0 N–H and O–H groups in total. The van der Waals surface area contributed by atoms with Crippen molar-refractivity contribution in [2.24, 2.45) is 0 Å². The van der Waals surface area contributed by atoms with Crippen molar-refractivity contribution >= 4 is 110 Å². The van der Waals surface area contributed by atoms with Gasteiger partial charge in [0.1, 0.15) is 22.3 Å². The Morgan fingerprint density at radius 1 is 0.147 bits per heavy atom. The minimum Gasteiger partial charge on any atom is -0.456 e. The van der Waals surface area contributed by atoms with Crippen LogP contribution in [0.1, 0.15) is 99.9 Å². The number of para-hydroxylation sites is 2. The van der Waals surface area contributed by atoms with Gasteiger partial charge < -0.3 is 18.6 Å². The van der Waals surface area contributed by atoms with Crippen LogP contribution < -0.4 is 9.80 Å². The molecule has 0 saturated carbocycles. The zero-order chi connectivity index (χ0) is 90.9. The minimum atomic E-state index is -0.309. The second-order valence-electron chi connectivity index (χ2n) is 40.3. The maximum Gasteiger partial charge on any atom is 0.136 e. The minimum absolute atomic E-state index is 0.244. The van der Waals surface area contributed by atoms with E-state index in [1.807, 2.05) is 12.1 Å². The fourth-order valence-electron chi connectivity index (χ4n) is 23.9. The normalized spacial score (nSPS) is 14.1. The topological polar surface area (TPSA) is 32.8 Å². The van der Waals surface area contributed by atoms with Gasteiger partial charge in [0.25, 0.3) is 0 Å². The molecule has 0 spiro atoms. The van der Waals surface area contributed by atoms with Crippen LogP contribution in [-0.2, 0) is 21.7 Å². The lowest BCUT2D eigenvalue weighted by molar-refractivity contribution is 0.660. The molecule has 0 unspecified atom stereocenters. The SMILES string of the molecule is CC1(C)c2cc(-c3ccccc3)ccc2-c2ccc(N(c3ccc(-c4ccc5cc(-c6ccc(-c7ccc8c(c7)C(C)(C)c7cc(N(c9ccc(-c%10cc%11ccccc%11c%11ccccc%10%11)cc9)c9ccc%10c(c9)C(C)(C)c9cc(-c%11ccc%12c(c%11)oc%11ccccc%11%12)ccc9-%10)ccc7-8)cc6)ccc5c4)cc3)c3ccc4c(c3)C(C)(C)c3cc(-c5ccc6c(c5)oc5ccccc56)ccc3-4)cc21. The smallest absolute Gasteiger partial charge is 0.136 e. The zero-order valence-electron chi connectivity index (χ0n) is 77.1. The molecule has 0 radical (unpaired) electrons. The molecule has 23 aromatic rings. The molecule has 0 saturated heterocycles.